The lowest BCUT2D eigenvalue weighted by atomic mass is 9.93. The van der Waals surface area contributed by atoms with E-state index in [2.05, 4.69) is 19.9 Å². The quantitative estimate of drug-likeness (QED) is 0.412. The van der Waals surface area contributed by atoms with Gasteiger partial charge in [0.2, 0.25) is 0 Å². The molecule has 2 aromatic carbocycles. The molecule has 0 N–H and O–H groups in total. The summed E-state index contributed by atoms with van der Waals surface area (Å²) in [6.07, 6.45) is 2.25. The van der Waals surface area contributed by atoms with Gasteiger partial charge in [-0.3, -0.25) is 9.59 Å². The van der Waals surface area contributed by atoms with Gasteiger partial charge in [0, 0.05) is 16.3 Å². The Balaban J connectivity index is 2.96. The van der Waals surface area contributed by atoms with Crippen LogP contribution in [0.5, 0.6) is 17.2 Å². The monoisotopic (exact) mass is 414 g/mol. The second-order valence-electron chi connectivity index (χ2n) is 8.05. The Kier molecular flexibility index (Phi) is 7.88. The van der Waals surface area contributed by atoms with E-state index >= 15 is 0 Å². The summed E-state index contributed by atoms with van der Waals surface area (Å²) in [6.45, 7) is 13.4. The number of hydrogen-bond donors (Lipinski definition) is 0. The predicted octanol–water partition coefficient (Wildman–Crippen LogP) is 5.66. The summed E-state index contributed by atoms with van der Waals surface area (Å²) in [7, 11) is 1.54. The van der Waals surface area contributed by atoms with Gasteiger partial charge in [-0.15, -0.1) is 0 Å². The summed E-state index contributed by atoms with van der Waals surface area (Å²) >= 11 is 0. The molecule has 164 valence electrons. The molecule has 0 aromatic heterocycles. The van der Waals surface area contributed by atoms with E-state index in [9.17, 15) is 9.59 Å². The van der Waals surface area contributed by atoms with E-state index in [0.29, 0.717) is 23.7 Å². The van der Waals surface area contributed by atoms with Gasteiger partial charge < -0.3 is 14.2 Å². The number of aryl methyl sites for hydroxylation is 2. The number of rotatable bonds is 8. The molecule has 0 unspecified atom stereocenters. The Hall–Kier alpha value is -2.56. The number of ether oxygens (including phenoxy) is 3. The fraction of sp³-hybridized carbons (Fsp3) is 0.520. The molecule has 0 heterocycles. The van der Waals surface area contributed by atoms with Crippen molar-refractivity contribution >= 4 is 22.7 Å². The standard InChI is InChI=1S/C25H34O5/c1-9-16-12-19-20(13-17(16)10-2)23(30-25(27)15(6)7)22(28-8)18(11-3)21(19)29-24(26)14(4)5/h12-15H,9-11H2,1-8H3. The van der Waals surface area contributed by atoms with Gasteiger partial charge in [-0.05, 0) is 42.5 Å². The summed E-state index contributed by atoms with van der Waals surface area (Å²) in [5.74, 6) is 0.133. The molecule has 5 heteroatoms. The minimum absolute atomic E-state index is 0.269. The molecule has 30 heavy (non-hydrogen) atoms. The van der Waals surface area contributed by atoms with E-state index in [1.165, 1.54) is 11.1 Å². The third kappa shape index (κ3) is 4.61. The van der Waals surface area contributed by atoms with Crippen molar-refractivity contribution in [2.24, 2.45) is 11.8 Å². The van der Waals surface area contributed by atoms with Crippen LogP contribution in [0.4, 0.5) is 0 Å². The summed E-state index contributed by atoms with van der Waals surface area (Å²) in [5, 5.41) is 1.49. The first-order chi connectivity index (χ1) is 14.2. The van der Waals surface area contributed by atoms with Crippen molar-refractivity contribution < 1.29 is 23.8 Å². The predicted molar refractivity (Wildman–Crippen MR) is 120 cm³/mol. The summed E-state index contributed by atoms with van der Waals surface area (Å²) in [4.78, 5) is 25.0. The first-order valence-electron chi connectivity index (χ1n) is 10.8. The topological polar surface area (TPSA) is 61.8 Å². The van der Waals surface area contributed by atoms with Gasteiger partial charge in [0.1, 0.15) is 5.75 Å². The van der Waals surface area contributed by atoms with Crippen molar-refractivity contribution in [1.82, 2.24) is 0 Å². The summed E-state index contributed by atoms with van der Waals surface area (Å²) < 4.78 is 17.4. The van der Waals surface area contributed by atoms with Crippen molar-refractivity contribution in [3.63, 3.8) is 0 Å². The molecular weight excluding hydrogens is 380 g/mol. The molecule has 2 aromatic rings. The lowest BCUT2D eigenvalue weighted by Crippen LogP contribution is -2.18. The lowest BCUT2D eigenvalue weighted by molar-refractivity contribution is -0.138. The number of esters is 2. The highest BCUT2D eigenvalue weighted by molar-refractivity contribution is 6.01. The van der Waals surface area contributed by atoms with E-state index in [0.717, 1.165) is 29.2 Å². The molecule has 0 aliphatic rings. The molecule has 0 radical (unpaired) electrons. The molecule has 0 aliphatic heterocycles. The van der Waals surface area contributed by atoms with E-state index in [1.807, 2.05) is 13.0 Å². The van der Waals surface area contributed by atoms with E-state index in [-0.39, 0.29) is 23.8 Å². The summed E-state index contributed by atoms with van der Waals surface area (Å²) in [5.41, 5.74) is 3.07. The van der Waals surface area contributed by atoms with Crippen LogP contribution in [-0.2, 0) is 28.9 Å². The van der Waals surface area contributed by atoms with Gasteiger partial charge in [0.15, 0.2) is 11.5 Å². The molecule has 0 bridgehead atoms. The SMILES string of the molecule is CCc1cc2c(OC(=O)C(C)C)c(CC)c(OC)c(OC(=O)C(C)C)c2cc1CC. The van der Waals surface area contributed by atoms with Gasteiger partial charge >= 0.3 is 11.9 Å². The van der Waals surface area contributed by atoms with Gasteiger partial charge in [0.25, 0.3) is 0 Å². The maximum absolute atomic E-state index is 12.5. The van der Waals surface area contributed by atoms with Crippen molar-refractivity contribution in [1.29, 1.82) is 0 Å². The van der Waals surface area contributed by atoms with Gasteiger partial charge in [-0.25, -0.2) is 0 Å². The van der Waals surface area contributed by atoms with Gasteiger partial charge in [0.05, 0.1) is 18.9 Å². The minimum atomic E-state index is -0.332. The van der Waals surface area contributed by atoms with Crippen molar-refractivity contribution in [3.8, 4) is 17.2 Å². The minimum Gasteiger partial charge on any atom is -0.492 e. The van der Waals surface area contributed by atoms with E-state index < -0.39 is 0 Å². The molecule has 0 saturated carbocycles. The Morgan fingerprint density at radius 1 is 0.733 bits per heavy atom. The summed E-state index contributed by atoms with van der Waals surface area (Å²) in [6, 6.07) is 4.09. The molecule has 5 nitrogen and oxygen atoms in total. The Morgan fingerprint density at radius 3 is 1.53 bits per heavy atom. The highest BCUT2D eigenvalue weighted by Gasteiger charge is 2.27. The van der Waals surface area contributed by atoms with Crippen molar-refractivity contribution in [2.45, 2.75) is 67.7 Å². The van der Waals surface area contributed by atoms with E-state index in [4.69, 9.17) is 14.2 Å². The first kappa shape index (κ1) is 23.7. The second kappa shape index (κ2) is 9.96. The van der Waals surface area contributed by atoms with Crippen LogP contribution in [0.25, 0.3) is 10.8 Å². The maximum atomic E-state index is 12.5. The number of fused-ring (bicyclic) bond motifs is 1. The highest BCUT2D eigenvalue weighted by atomic mass is 16.6. The van der Waals surface area contributed by atoms with Crippen molar-refractivity contribution in [3.05, 3.63) is 28.8 Å². The van der Waals surface area contributed by atoms with Crippen LogP contribution in [-0.4, -0.2) is 19.0 Å². The molecule has 0 saturated heterocycles. The third-order valence-corrected chi connectivity index (χ3v) is 5.25. The molecule has 0 fully saturated rings. The number of carbonyl (C=O) groups excluding carboxylic acids is 2. The second-order valence-corrected chi connectivity index (χ2v) is 8.05. The Bertz CT molecular complexity index is 864. The fourth-order valence-electron chi connectivity index (χ4n) is 3.44. The number of benzene rings is 2. The van der Waals surface area contributed by atoms with Gasteiger partial charge in [-0.2, -0.15) is 0 Å². The number of hydrogen-bond acceptors (Lipinski definition) is 5. The number of methoxy groups -OCH3 is 1. The van der Waals surface area contributed by atoms with E-state index in [1.54, 1.807) is 34.8 Å². The normalized spacial score (nSPS) is 11.3. The van der Waals surface area contributed by atoms with Crippen LogP contribution in [0.1, 0.15) is 65.2 Å². The lowest BCUT2D eigenvalue weighted by Gasteiger charge is -2.22. The fourth-order valence-corrected chi connectivity index (χ4v) is 3.44. The highest BCUT2D eigenvalue weighted by Crippen LogP contribution is 2.47. The molecule has 0 amide bonds. The molecule has 2 rings (SSSR count). The van der Waals surface area contributed by atoms with Crippen LogP contribution in [0.3, 0.4) is 0 Å². The average Bonchev–Trinajstić information content (AvgIpc) is 2.73. The molecule has 0 spiro atoms. The maximum Gasteiger partial charge on any atom is 0.313 e. The van der Waals surface area contributed by atoms with Crippen LogP contribution < -0.4 is 14.2 Å². The molecular formula is C25H34O5. The molecule has 0 aliphatic carbocycles. The van der Waals surface area contributed by atoms with Gasteiger partial charge in [-0.1, -0.05) is 48.5 Å². The zero-order valence-electron chi connectivity index (χ0n) is 19.5. The smallest absolute Gasteiger partial charge is 0.313 e. The van der Waals surface area contributed by atoms with Crippen LogP contribution in [0.15, 0.2) is 12.1 Å². The van der Waals surface area contributed by atoms with Crippen molar-refractivity contribution in [2.75, 3.05) is 7.11 Å². The van der Waals surface area contributed by atoms with Crippen LogP contribution in [0, 0.1) is 11.8 Å². The Labute approximate surface area is 179 Å². The zero-order chi connectivity index (χ0) is 22.6. The number of carbonyl (C=O) groups is 2. The Morgan fingerprint density at radius 2 is 1.17 bits per heavy atom. The zero-order valence-corrected chi connectivity index (χ0v) is 19.5. The largest absolute Gasteiger partial charge is 0.492 e. The first-order valence-corrected chi connectivity index (χ1v) is 10.8. The average molecular weight is 415 g/mol. The third-order valence-electron chi connectivity index (χ3n) is 5.25. The van der Waals surface area contributed by atoms with Crippen LogP contribution >= 0.6 is 0 Å². The van der Waals surface area contributed by atoms with Crippen LogP contribution in [0.2, 0.25) is 0 Å². The molecule has 0 atom stereocenters.